The van der Waals surface area contributed by atoms with Crippen molar-refractivity contribution in [2.75, 3.05) is 33.1 Å². The Kier molecular flexibility index (Phi) is 6.27. The third-order valence-electron chi connectivity index (χ3n) is 4.65. The van der Waals surface area contributed by atoms with E-state index in [9.17, 15) is 22.8 Å². The Morgan fingerprint density at radius 3 is 2.55 bits per heavy atom. The first-order valence-corrected chi connectivity index (χ1v) is 10.7. The van der Waals surface area contributed by atoms with Gasteiger partial charge in [-0.25, -0.2) is 17.5 Å². The summed E-state index contributed by atoms with van der Waals surface area (Å²) in [7, 11) is 0.296. The van der Waals surface area contributed by atoms with E-state index in [1.165, 1.54) is 39.4 Å². The lowest BCUT2D eigenvalue weighted by Gasteiger charge is -2.16. The number of anilines is 1. The van der Waals surface area contributed by atoms with E-state index < -0.39 is 22.0 Å². The van der Waals surface area contributed by atoms with E-state index in [2.05, 4.69) is 10.6 Å². The molecular weight excluding hydrogens is 424 g/mol. The summed E-state index contributed by atoms with van der Waals surface area (Å²) in [6.07, 6.45) is 0. The van der Waals surface area contributed by atoms with Gasteiger partial charge < -0.3 is 15.4 Å². The fourth-order valence-electron chi connectivity index (χ4n) is 2.96. The lowest BCUT2D eigenvalue weighted by atomic mass is 10.1. The van der Waals surface area contributed by atoms with Crippen molar-refractivity contribution >= 4 is 33.6 Å². The van der Waals surface area contributed by atoms with Gasteiger partial charge >= 0.3 is 6.03 Å². The standard InChI is InChI=1S/C20H22N4O6S/c1-23(2)31(28,29)17-10-14(7-8-16(17)30-3)19(26)22-15-6-4-5-13(9-15)12-24-18(25)11-21-20(24)27/h4-10H,11-12H2,1-3H3,(H,21,27)(H,22,26). The molecule has 0 unspecified atom stereocenters. The van der Waals surface area contributed by atoms with Gasteiger partial charge in [-0.1, -0.05) is 12.1 Å². The molecule has 2 aromatic carbocycles. The molecule has 1 saturated heterocycles. The molecule has 164 valence electrons. The first kappa shape index (κ1) is 22.2. The fraction of sp³-hybridized carbons (Fsp3) is 0.250. The molecule has 0 atom stereocenters. The summed E-state index contributed by atoms with van der Waals surface area (Å²) >= 11 is 0. The second-order valence-electron chi connectivity index (χ2n) is 6.95. The summed E-state index contributed by atoms with van der Waals surface area (Å²) in [6, 6.07) is 10.3. The van der Waals surface area contributed by atoms with Gasteiger partial charge in [-0.15, -0.1) is 0 Å². The van der Waals surface area contributed by atoms with Gasteiger partial charge in [-0.3, -0.25) is 14.5 Å². The summed E-state index contributed by atoms with van der Waals surface area (Å²) in [5, 5.41) is 5.15. The number of ether oxygens (including phenoxy) is 1. The molecule has 3 rings (SSSR count). The maximum Gasteiger partial charge on any atom is 0.324 e. The molecule has 0 saturated carbocycles. The largest absolute Gasteiger partial charge is 0.495 e. The van der Waals surface area contributed by atoms with E-state index in [0.717, 1.165) is 9.21 Å². The number of amides is 4. The average Bonchev–Trinajstić information content (AvgIpc) is 3.05. The molecule has 1 heterocycles. The zero-order valence-electron chi connectivity index (χ0n) is 17.2. The Morgan fingerprint density at radius 2 is 1.94 bits per heavy atom. The van der Waals surface area contributed by atoms with Crippen LogP contribution < -0.4 is 15.4 Å². The predicted octanol–water partition coefficient (Wildman–Crippen LogP) is 1.25. The number of hydrogen-bond acceptors (Lipinski definition) is 6. The summed E-state index contributed by atoms with van der Waals surface area (Å²) in [5.74, 6) is -0.724. The van der Waals surface area contributed by atoms with Gasteiger partial charge in [-0.2, -0.15) is 0 Å². The highest BCUT2D eigenvalue weighted by molar-refractivity contribution is 7.89. The number of imide groups is 1. The quantitative estimate of drug-likeness (QED) is 0.617. The molecule has 0 aromatic heterocycles. The summed E-state index contributed by atoms with van der Waals surface area (Å²) in [6.45, 7) is 0.0348. The monoisotopic (exact) mass is 446 g/mol. The van der Waals surface area contributed by atoms with Crippen LogP contribution in [0.1, 0.15) is 15.9 Å². The maximum absolute atomic E-state index is 12.7. The van der Waals surface area contributed by atoms with Crippen LogP contribution in [0.2, 0.25) is 0 Å². The van der Waals surface area contributed by atoms with E-state index in [1.54, 1.807) is 24.3 Å². The van der Waals surface area contributed by atoms with Gasteiger partial charge in [-0.05, 0) is 35.9 Å². The summed E-state index contributed by atoms with van der Waals surface area (Å²) < 4.78 is 31.3. The fourth-order valence-corrected chi connectivity index (χ4v) is 4.04. The van der Waals surface area contributed by atoms with Gasteiger partial charge in [0.15, 0.2) is 0 Å². The molecule has 4 amide bonds. The second-order valence-corrected chi connectivity index (χ2v) is 9.07. The maximum atomic E-state index is 12.7. The zero-order valence-corrected chi connectivity index (χ0v) is 18.0. The SMILES string of the molecule is COc1ccc(C(=O)Nc2cccc(CN3C(=O)CNC3=O)c2)cc1S(=O)(=O)N(C)C. The van der Waals surface area contributed by atoms with E-state index in [-0.39, 0.29) is 35.2 Å². The highest BCUT2D eigenvalue weighted by atomic mass is 32.2. The predicted molar refractivity (Wildman–Crippen MR) is 112 cm³/mol. The van der Waals surface area contributed by atoms with Crippen molar-refractivity contribution < 1.29 is 27.5 Å². The molecule has 2 N–H and O–H groups in total. The van der Waals surface area contributed by atoms with E-state index in [0.29, 0.717) is 11.3 Å². The first-order valence-electron chi connectivity index (χ1n) is 9.22. The topological polar surface area (TPSA) is 125 Å². The number of rotatable bonds is 7. The molecule has 1 fully saturated rings. The molecular formula is C20H22N4O6S. The average molecular weight is 446 g/mol. The van der Waals surface area contributed by atoms with Crippen LogP contribution in [0.3, 0.4) is 0 Å². The number of benzene rings is 2. The van der Waals surface area contributed by atoms with Crippen molar-refractivity contribution in [2.24, 2.45) is 0 Å². The molecule has 0 radical (unpaired) electrons. The third-order valence-corrected chi connectivity index (χ3v) is 6.48. The summed E-state index contributed by atoms with van der Waals surface area (Å²) in [4.78, 5) is 37.2. The number of nitrogens with zero attached hydrogens (tertiary/aromatic N) is 2. The lowest BCUT2D eigenvalue weighted by molar-refractivity contribution is -0.125. The van der Waals surface area contributed by atoms with Crippen molar-refractivity contribution in [1.29, 1.82) is 0 Å². The molecule has 1 aliphatic rings. The minimum Gasteiger partial charge on any atom is -0.495 e. The molecule has 10 nitrogen and oxygen atoms in total. The van der Waals surface area contributed by atoms with Crippen LogP contribution in [0.15, 0.2) is 47.4 Å². The van der Waals surface area contributed by atoms with Crippen molar-refractivity contribution in [2.45, 2.75) is 11.4 Å². The zero-order chi connectivity index (χ0) is 22.8. The van der Waals surface area contributed by atoms with Gasteiger partial charge in [0.05, 0.1) is 20.2 Å². The first-order chi connectivity index (χ1) is 14.6. The molecule has 0 aliphatic carbocycles. The number of urea groups is 1. The van der Waals surface area contributed by atoms with Crippen molar-refractivity contribution in [1.82, 2.24) is 14.5 Å². The Balaban J connectivity index is 1.82. The Hall–Kier alpha value is -3.44. The van der Waals surface area contributed by atoms with Crippen molar-refractivity contribution in [3.63, 3.8) is 0 Å². The molecule has 0 bridgehead atoms. The van der Waals surface area contributed by atoms with E-state index >= 15 is 0 Å². The second kappa shape index (κ2) is 8.74. The van der Waals surface area contributed by atoms with Crippen LogP contribution in [-0.4, -0.2) is 63.2 Å². The summed E-state index contributed by atoms with van der Waals surface area (Å²) in [5.41, 5.74) is 1.21. The normalized spacial score (nSPS) is 14.0. The Labute approximate surface area is 179 Å². The van der Waals surface area contributed by atoms with Crippen LogP contribution >= 0.6 is 0 Å². The third kappa shape index (κ3) is 4.67. The minimum absolute atomic E-state index is 0.0368. The molecule has 31 heavy (non-hydrogen) atoms. The van der Waals surface area contributed by atoms with Crippen LogP contribution in [0.4, 0.5) is 10.5 Å². The van der Waals surface area contributed by atoms with Gasteiger partial charge in [0, 0.05) is 25.3 Å². The van der Waals surface area contributed by atoms with Gasteiger partial charge in [0.25, 0.3) is 5.91 Å². The number of methoxy groups -OCH3 is 1. The Morgan fingerprint density at radius 1 is 1.19 bits per heavy atom. The van der Waals surface area contributed by atoms with Crippen LogP contribution in [0.25, 0.3) is 0 Å². The van der Waals surface area contributed by atoms with E-state index in [1.807, 2.05) is 0 Å². The number of hydrogen-bond donors (Lipinski definition) is 2. The smallest absolute Gasteiger partial charge is 0.324 e. The number of nitrogens with one attached hydrogen (secondary N) is 2. The number of carbonyl (C=O) groups is 3. The van der Waals surface area contributed by atoms with E-state index in [4.69, 9.17) is 4.74 Å². The number of sulfonamides is 1. The van der Waals surface area contributed by atoms with Crippen molar-refractivity contribution in [3.8, 4) is 5.75 Å². The lowest BCUT2D eigenvalue weighted by Crippen LogP contribution is -2.30. The molecule has 11 heteroatoms. The number of carbonyl (C=O) groups excluding carboxylic acids is 3. The Bertz CT molecular complexity index is 1130. The van der Waals surface area contributed by atoms with Crippen LogP contribution in [0.5, 0.6) is 5.75 Å². The van der Waals surface area contributed by atoms with Gasteiger partial charge in [0.1, 0.15) is 10.6 Å². The molecule has 0 spiro atoms. The van der Waals surface area contributed by atoms with Crippen molar-refractivity contribution in [3.05, 3.63) is 53.6 Å². The molecule has 1 aliphatic heterocycles. The highest BCUT2D eigenvalue weighted by Crippen LogP contribution is 2.27. The van der Waals surface area contributed by atoms with Gasteiger partial charge in [0.2, 0.25) is 15.9 Å². The van der Waals surface area contributed by atoms with Crippen LogP contribution in [0, 0.1) is 0 Å². The van der Waals surface area contributed by atoms with Crippen LogP contribution in [-0.2, 0) is 21.4 Å². The highest BCUT2D eigenvalue weighted by Gasteiger charge is 2.28. The minimum atomic E-state index is -3.83. The molecule has 2 aromatic rings.